The van der Waals surface area contributed by atoms with E-state index in [2.05, 4.69) is 5.32 Å². The first-order valence-corrected chi connectivity index (χ1v) is 7.91. The third kappa shape index (κ3) is 4.81. The average molecular weight is 318 g/mol. The molecule has 0 bridgehead atoms. The van der Waals surface area contributed by atoms with Crippen LogP contribution in [0.5, 0.6) is 0 Å². The first-order valence-electron chi connectivity index (χ1n) is 7.91. The molecule has 0 aromatic heterocycles. The van der Waals surface area contributed by atoms with Crippen LogP contribution in [0.2, 0.25) is 0 Å². The molecule has 2 rings (SSSR count). The second kappa shape index (κ2) is 7.76. The number of nitrogens with one attached hydrogen (secondary N) is 1. The highest BCUT2D eigenvalue weighted by atomic mass is 16.4. The molecule has 1 atom stereocenters. The van der Waals surface area contributed by atoms with Gasteiger partial charge in [0, 0.05) is 11.1 Å². The van der Waals surface area contributed by atoms with Crippen molar-refractivity contribution in [2.45, 2.75) is 44.6 Å². The van der Waals surface area contributed by atoms with Crippen LogP contribution in [0.25, 0.3) is 0 Å². The quantitative estimate of drug-likeness (QED) is 0.744. The molecule has 23 heavy (non-hydrogen) atoms. The number of amides is 2. The van der Waals surface area contributed by atoms with Crippen molar-refractivity contribution in [3.05, 3.63) is 35.4 Å². The summed E-state index contributed by atoms with van der Waals surface area (Å²) in [5.74, 6) is -1.83. The fraction of sp³-hybridized carbons (Fsp3) is 0.471. The van der Waals surface area contributed by atoms with E-state index in [-0.39, 0.29) is 11.1 Å². The van der Waals surface area contributed by atoms with Crippen molar-refractivity contribution >= 4 is 17.8 Å². The molecule has 1 saturated carbocycles. The maximum Gasteiger partial charge on any atom is 0.326 e. The van der Waals surface area contributed by atoms with Crippen molar-refractivity contribution < 1.29 is 19.5 Å². The molecule has 1 aromatic carbocycles. The van der Waals surface area contributed by atoms with E-state index in [9.17, 15) is 19.5 Å². The van der Waals surface area contributed by atoms with Gasteiger partial charge in [0.2, 0.25) is 5.91 Å². The molecule has 0 saturated heterocycles. The van der Waals surface area contributed by atoms with Gasteiger partial charge in [-0.05, 0) is 30.5 Å². The Hall–Kier alpha value is -2.37. The Morgan fingerprint density at radius 1 is 1.17 bits per heavy atom. The Kier molecular flexibility index (Phi) is 5.73. The molecule has 1 unspecified atom stereocenters. The lowest BCUT2D eigenvalue weighted by atomic mass is 9.85. The van der Waals surface area contributed by atoms with Crippen LogP contribution >= 0.6 is 0 Å². The van der Waals surface area contributed by atoms with E-state index in [4.69, 9.17) is 5.73 Å². The second-order valence-electron chi connectivity index (χ2n) is 6.05. The highest BCUT2D eigenvalue weighted by molar-refractivity contribution is 6.00. The van der Waals surface area contributed by atoms with Crippen molar-refractivity contribution in [2.75, 3.05) is 0 Å². The van der Waals surface area contributed by atoms with Gasteiger partial charge in [-0.1, -0.05) is 38.2 Å². The summed E-state index contributed by atoms with van der Waals surface area (Å²) < 4.78 is 0. The van der Waals surface area contributed by atoms with Crippen LogP contribution in [0.15, 0.2) is 24.3 Å². The Labute approximate surface area is 135 Å². The zero-order valence-electron chi connectivity index (χ0n) is 13.0. The van der Waals surface area contributed by atoms with E-state index in [0.29, 0.717) is 12.3 Å². The number of carbonyl (C=O) groups excluding carboxylic acids is 2. The highest BCUT2D eigenvalue weighted by Crippen LogP contribution is 2.27. The predicted molar refractivity (Wildman–Crippen MR) is 85.0 cm³/mol. The first-order chi connectivity index (χ1) is 11.0. The first kappa shape index (κ1) is 17.0. The minimum Gasteiger partial charge on any atom is -0.480 e. The van der Waals surface area contributed by atoms with Gasteiger partial charge in [0.25, 0.3) is 5.91 Å². The van der Waals surface area contributed by atoms with Crippen LogP contribution in [0.4, 0.5) is 0 Å². The number of rotatable bonds is 6. The second-order valence-corrected chi connectivity index (χ2v) is 6.05. The highest BCUT2D eigenvalue weighted by Gasteiger charge is 2.26. The van der Waals surface area contributed by atoms with Crippen molar-refractivity contribution in [2.24, 2.45) is 11.7 Å². The lowest BCUT2D eigenvalue weighted by Crippen LogP contribution is -2.42. The van der Waals surface area contributed by atoms with Gasteiger partial charge in [0.1, 0.15) is 6.04 Å². The summed E-state index contributed by atoms with van der Waals surface area (Å²) in [6, 6.07) is 5.04. The van der Waals surface area contributed by atoms with Crippen molar-refractivity contribution in [3.63, 3.8) is 0 Å². The van der Waals surface area contributed by atoms with E-state index in [1.165, 1.54) is 24.6 Å². The molecule has 1 aliphatic rings. The smallest absolute Gasteiger partial charge is 0.326 e. The SMILES string of the molecule is NC(=O)c1cccc(C(=O)NC(CC2CCCCC2)C(=O)O)c1. The maximum absolute atomic E-state index is 12.2. The number of aliphatic carboxylic acids is 1. The molecule has 0 aliphatic heterocycles. The van der Waals surface area contributed by atoms with Crippen molar-refractivity contribution in [1.82, 2.24) is 5.32 Å². The zero-order valence-corrected chi connectivity index (χ0v) is 13.0. The lowest BCUT2D eigenvalue weighted by Gasteiger charge is -2.25. The predicted octanol–water partition coefficient (Wildman–Crippen LogP) is 1.94. The van der Waals surface area contributed by atoms with Gasteiger partial charge >= 0.3 is 5.97 Å². The summed E-state index contributed by atoms with van der Waals surface area (Å²) in [5.41, 5.74) is 5.64. The molecule has 1 aliphatic carbocycles. The topological polar surface area (TPSA) is 109 Å². The summed E-state index contributed by atoms with van der Waals surface area (Å²) >= 11 is 0. The summed E-state index contributed by atoms with van der Waals surface area (Å²) in [6.07, 6.45) is 5.89. The summed E-state index contributed by atoms with van der Waals surface area (Å²) in [6.45, 7) is 0. The maximum atomic E-state index is 12.2. The molecule has 124 valence electrons. The third-order valence-corrected chi connectivity index (χ3v) is 4.31. The Bertz CT molecular complexity index is 594. The Morgan fingerprint density at radius 3 is 2.43 bits per heavy atom. The molecule has 2 amide bonds. The number of carboxylic acid groups (broad SMARTS) is 1. The van der Waals surface area contributed by atoms with Crippen LogP contribution in [0, 0.1) is 5.92 Å². The zero-order chi connectivity index (χ0) is 16.8. The summed E-state index contributed by atoms with van der Waals surface area (Å²) in [4.78, 5) is 34.8. The van der Waals surface area contributed by atoms with Crippen molar-refractivity contribution in [1.29, 1.82) is 0 Å². The lowest BCUT2D eigenvalue weighted by molar-refractivity contribution is -0.139. The van der Waals surface area contributed by atoms with Crippen LogP contribution in [-0.4, -0.2) is 28.9 Å². The van der Waals surface area contributed by atoms with Crippen LogP contribution < -0.4 is 11.1 Å². The van der Waals surface area contributed by atoms with Crippen LogP contribution in [0.3, 0.4) is 0 Å². The van der Waals surface area contributed by atoms with Crippen LogP contribution in [0.1, 0.15) is 59.2 Å². The average Bonchev–Trinajstić information content (AvgIpc) is 2.55. The third-order valence-electron chi connectivity index (χ3n) is 4.31. The molecule has 4 N–H and O–H groups in total. The van der Waals surface area contributed by atoms with E-state index >= 15 is 0 Å². The number of nitrogens with two attached hydrogens (primary N) is 1. The molecule has 0 heterocycles. The fourth-order valence-electron chi connectivity index (χ4n) is 3.03. The Morgan fingerprint density at radius 2 is 1.83 bits per heavy atom. The van der Waals surface area contributed by atoms with E-state index in [0.717, 1.165) is 25.7 Å². The van der Waals surface area contributed by atoms with Gasteiger partial charge in [-0.25, -0.2) is 4.79 Å². The largest absolute Gasteiger partial charge is 0.480 e. The number of hydrogen-bond acceptors (Lipinski definition) is 3. The summed E-state index contributed by atoms with van der Waals surface area (Å²) in [7, 11) is 0. The number of primary amides is 1. The van der Waals surface area contributed by atoms with Gasteiger partial charge in [-0.3, -0.25) is 9.59 Å². The molecular weight excluding hydrogens is 296 g/mol. The van der Waals surface area contributed by atoms with Gasteiger partial charge in [0.15, 0.2) is 0 Å². The number of carboxylic acids is 1. The number of benzene rings is 1. The van der Waals surface area contributed by atoms with E-state index < -0.39 is 23.8 Å². The minimum atomic E-state index is -1.03. The molecule has 0 radical (unpaired) electrons. The standard InChI is InChI=1S/C17H22N2O4/c18-15(20)12-7-4-8-13(10-12)16(21)19-14(17(22)23)9-11-5-2-1-3-6-11/h4,7-8,10-11,14H,1-3,5-6,9H2,(H2,18,20)(H,19,21)(H,22,23). The van der Waals surface area contributed by atoms with E-state index in [1.54, 1.807) is 6.07 Å². The molecule has 1 aromatic rings. The van der Waals surface area contributed by atoms with Gasteiger partial charge in [-0.2, -0.15) is 0 Å². The molecular formula is C17H22N2O4. The fourth-order valence-corrected chi connectivity index (χ4v) is 3.03. The number of hydrogen-bond donors (Lipinski definition) is 3. The molecule has 0 spiro atoms. The molecule has 6 nitrogen and oxygen atoms in total. The normalized spacial score (nSPS) is 16.5. The molecule has 6 heteroatoms. The Balaban J connectivity index is 2.03. The molecule has 1 fully saturated rings. The van der Waals surface area contributed by atoms with Crippen molar-refractivity contribution in [3.8, 4) is 0 Å². The summed E-state index contributed by atoms with van der Waals surface area (Å²) in [5, 5.41) is 11.9. The van der Waals surface area contributed by atoms with Crippen LogP contribution in [-0.2, 0) is 4.79 Å². The van der Waals surface area contributed by atoms with Gasteiger partial charge in [-0.15, -0.1) is 0 Å². The van der Waals surface area contributed by atoms with Gasteiger partial charge < -0.3 is 16.2 Å². The number of carbonyl (C=O) groups is 3. The van der Waals surface area contributed by atoms with E-state index in [1.807, 2.05) is 0 Å². The minimum absolute atomic E-state index is 0.219. The monoisotopic (exact) mass is 318 g/mol. The van der Waals surface area contributed by atoms with Gasteiger partial charge in [0.05, 0.1) is 0 Å².